The third-order valence-electron chi connectivity index (χ3n) is 3.54. The van der Waals surface area contributed by atoms with E-state index in [-0.39, 0.29) is 18.4 Å². The average Bonchev–Trinajstić information content (AvgIpc) is 2.34. The normalized spacial score (nSPS) is 25.6. The molecule has 1 aliphatic carbocycles. The van der Waals surface area contributed by atoms with Gasteiger partial charge in [-0.25, -0.2) is 9.59 Å². The first kappa shape index (κ1) is 16.3. The van der Waals surface area contributed by atoms with Crippen molar-refractivity contribution in [3.8, 4) is 0 Å². The minimum absolute atomic E-state index is 0.171. The number of carboxylic acids is 1. The number of carbonyl (C=O) groups excluding carboxylic acids is 2. The topological polar surface area (TPSA) is 108 Å². The quantitative estimate of drug-likeness (QED) is 0.550. The molecule has 0 heterocycles. The zero-order valence-electron chi connectivity index (χ0n) is 12.0. The van der Waals surface area contributed by atoms with E-state index in [2.05, 4.69) is 16.0 Å². The largest absolute Gasteiger partial charge is 0.480 e. The number of hydrogen-bond donors (Lipinski definition) is 4. The summed E-state index contributed by atoms with van der Waals surface area (Å²) >= 11 is 0. The highest BCUT2D eigenvalue weighted by Crippen LogP contribution is 2.32. The maximum atomic E-state index is 11.8. The molecule has 0 aromatic carbocycles. The predicted octanol–water partition coefficient (Wildman–Crippen LogP) is 0.455. The van der Waals surface area contributed by atoms with E-state index in [0.29, 0.717) is 19.4 Å². The number of urea groups is 1. The first-order chi connectivity index (χ1) is 9.35. The van der Waals surface area contributed by atoms with Gasteiger partial charge in [0.15, 0.2) is 0 Å². The lowest BCUT2D eigenvalue weighted by Gasteiger charge is -2.37. The van der Waals surface area contributed by atoms with Crippen LogP contribution in [0.2, 0.25) is 0 Å². The number of amides is 3. The summed E-state index contributed by atoms with van der Waals surface area (Å²) in [5.74, 6) is -0.879. The van der Waals surface area contributed by atoms with Gasteiger partial charge in [-0.3, -0.25) is 4.79 Å². The molecule has 4 N–H and O–H groups in total. The summed E-state index contributed by atoms with van der Waals surface area (Å²) < 4.78 is 0. The Kier molecular flexibility index (Phi) is 5.79. The van der Waals surface area contributed by atoms with Crippen LogP contribution in [0.3, 0.4) is 0 Å². The summed E-state index contributed by atoms with van der Waals surface area (Å²) in [4.78, 5) is 33.9. The van der Waals surface area contributed by atoms with Crippen molar-refractivity contribution in [2.75, 3.05) is 13.1 Å². The zero-order chi connectivity index (χ0) is 15.2. The summed E-state index contributed by atoms with van der Waals surface area (Å²) in [5, 5.41) is 17.1. The molecule has 7 heteroatoms. The van der Waals surface area contributed by atoms with Crippen molar-refractivity contribution in [3.05, 3.63) is 0 Å². The van der Waals surface area contributed by atoms with Crippen LogP contribution in [-0.4, -0.2) is 41.6 Å². The van der Waals surface area contributed by atoms with E-state index >= 15 is 0 Å². The fourth-order valence-electron chi connectivity index (χ4n) is 2.59. The third kappa shape index (κ3) is 4.71. The molecule has 1 aliphatic rings. The highest BCUT2D eigenvalue weighted by atomic mass is 16.4. The number of carboxylic acid groups (broad SMARTS) is 1. The molecule has 2 atom stereocenters. The molecule has 1 saturated carbocycles. The molecule has 0 saturated heterocycles. The second-order valence-corrected chi connectivity index (χ2v) is 5.45. The van der Waals surface area contributed by atoms with Crippen LogP contribution in [0.5, 0.6) is 0 Å². The van der Waals surface area contributed by atoms with E-state index in [1.54, 1.807) is 0 Å². The van der Waals surface area contributed by atoms with Crippen molar-refractivity contribution >= 4 is 17.9 Å². The number of nitrogens with one attached hydrogen (secondary N) is 3. The highest BCUT2D eigenvalue weighted by molar-refractivity contribution is 5.86. The summed E-state index contributed by atoms with van der Waals surface area (Å²) in [6, 6.07) is -0.508. The Morgan fingerprint density at radius 3 is 2.45 bits per heavy atom. The molecule has 20 heavy (non-hydrogen) atoms. The van der Waals surface area contributed by atoms with E-state index in [4.69, 9.17) is 0 Å². The fraction of sp³-hybridized carbons (Fsp3) is 0.769. The van der Waals surface area contributed by atoms with E-state index in [0.717, 1.165) is 12.8 Å². The van der Waals surface area contributed by atoms with Crippen molar-refractivity contribution in [3.63, 3.8) is 0 Å². The molecule has 114 valence electrons. The van der Waals surface area contributed by atoms with Gasteiger partial charge in [0.2, 0.25) is 5.91 Å². The molecule has 1 fully saturated rings. The van der Waals surface area contributed by atoms with E-state index in [1.165, 1.54) is 6.92 Å². The van der Waals surface area contributed by atoms with Gasteiger partial charge in [0.25, 0.3) is 0 Å². The zero-order valence-corrected chi connectivity index (χ0v) is 12.0. The summed E-state index contributed by atoms with van der Waals surface area (Å²) in [6.07, 6.45) is 2.67. The minimum Gasteiger partial charge on any atom is -0.480 e. The van der Waals surface area contributed by atoms with Crippen LogP contribution in [0.1, 0.15) is 39.5 Å². The van der Waals surface area contributed by atoms with E-state index in [9.17, 15) is 19.5 Å². The van der Waals surface area contributed by atoms with Crippen molar-refractivity contribution in [2.24, 2.45) is 5.92 Å². The second kappa shape index (κ2) is 7.12. The van der Waals surface area contributed by atoms with Gasteiger partial charge in [0.05, 0.1) is 0 Å². The van der Waals surface area contributed by atoms with Gasteiger partial charge in [-0.2, -0.15) is 0 Å². The number of rotatable bonds is 5. The first-order valence-corrected chi connectivity index (χ1v) is 6.89. The van der Waals surface area contributed by atoms with Gasteiger partial charge in [-0.05, 0) is 18.8 Å². The van der Waals surface area contributed by atoms with Gasteiger partial charge in [0, 0.05) is 20.0 Å². The van der Waals surface area contributed by atoms with Crippen LogP contribution < -0.4 is 16.0 Å². The van der Waals surface area contributed by atoms with Crippen molar-refractivity contribution < 1.29 is 19.5 Å². The highest BCUT2D eigenvalue weighted by Gasteiger charge is 2.43. The first-order valence-electron chi connectivity index (χ1n) is 6.89. The number of carbonyl (C=O) groups is 3. The molecule has 0 radical (unpaired) electrons. The molecule has 1 rings (SSSR count). The van der Waals surface area contributed by atoms with E-state index < -0.39 is 17.5 Å². The SMILES string of the molecule is CC(=O)NCCNC(=O)NC1(C(=O)O)CCCC(C)C1. The van der Waals surface area contributed by atoms with Crippen LogP contribution in [0.25, 0.3) is 0 Å². The molecule has 3 amide bonds. The maximum absolute atomic E-state index is 11.8. The minimum atomic E-state index is -1.17. The van der Waals surface area contributed by atoms with E-state index in [1.807, 2.05) is 6.92 Å². The van der Waals surface area contributed by atoms with Crippen molar-refractivity contribution in [2.45, 2.75) is 45.1 Å². The lowest BCUT2D eigenvalue weighted by molar-refractivity contribution is -0.146. The van der Waals surface area contributed by atoms with Crippen molar-refractivity contribution in [1.82, 2.24) is 16.0 Å². The molecular weight excluding hydrogens is 262 g/mol. The Morgan fingerprint density at radius 1 is 1.25 bits per heavy atom. The fourth-order valence-corrected chi connectivity index (χ4v) is 2.59. The standard InChI is InChI=1S/C13H23N3O4/c1-9-4-3-5-13(8-9,11(18)19)16-12(20)15-7-6-14-10(2)17/h9H,3-8H2,1-2H3,(H,14,17)(H,18,19)(H2,15,16,20). The molecular formula is C13H23N3O4. The van der Waals surface area contributed by atoms with Crippen LogP contribution in [0.15, 0.2) is 0 Å². The Balaban J connectivity index is 2.47. The Labute approximate surface area is 118 Å². The lowest BCUT2D eigenvalue weighted by atomic mass is 9.76. The maximum Gasteiger partial charge on any atom is 0.329 e. The van der Waals surface area contributed by atoms with Crippen molar-refractivity contribution in [1.29, 1.82) is 0 Å². The van der Waals surface area contributed by atoms with Gasteiger partial charge in [-0.15, -0.1) is 0 Å². The molecule has 0 aliphatic heterocycles. The van der Waals surface area contributed by atoms with Crippen LogP contribution in [-0.2, 0) is 9.59 Å². The Bertz CT molecular complexity index is 386. The summed E-state index contributed by atoms with van der Waals surface area (Å²) in [5.41, 5.74) is -1.17. The molecule has 7 nitrogen and oxygen atoms in total. The van der Waals surface area contributed by atoms with Gasteiger partial charge in [0.1, 0.15) is 5.54 Å². The lowest BCUT2D eigenvalue weighted by Crippen LogP contribution is -2.59. The summed E-state index contributed by atoms with van der Waals surface area (Å²) in [7, 11) is 0. The second-order valence-electron chi connectivity index (χ2n) is 5.45. The molecule has 0 bridgehead atoms. The molecule has 0 aromatic heterocycles. The Morgan fingerprint density at radius 2 is 1.90 bits per heavy atom. The number of aliphatic carboxylic acids is 1. The van der Waals surface area contributed by atoms with Crippen LogP contribution >= 0.6 is 0 Å². The molecule has 0 spiro atoms. The predicted molar refractivity (Wildman–Crippen MR) is 73.2 cm³/mol. The Hall–Kier alpha value is -1.79. The number of hydrogen-bond acceptors (Lipinski definition) is 3. The van der Waals surface area contributed by atoms with Gasteiger partial charge >= 0.3 is 12.0 Å². The molecule has 2 unspecified atom stereocenters. The summed E-state index contributed by atoms with van der Waals surface area (Å²) in [6.45, 7) is 3.96. The van der Waals surface area contributed by atoms with Gasteiger partial charge in [-0.1, -0.05) is 19.8 Å². The smallest absolute Gasteiger partial charge is 0.329 e. The van der Waals surface area contributed by atoms with Crippen LogP contribution in [0.4, 0.5) is 4.79 Å². The third-order valence-corrected chi connectivity index (χ3v) is 3.54. The van der Waals surface area contributed by atoms with Gasteiger partial charge < -0.3 is 21.1 Å². The monoisotopic (exact) mass is 285 g/mol. The van der Waals surface area contributed by atoms with Crippen LogP contribution in [0, 0.1) is 5.92 Å². The average molecular weight is 285 g/mol. The molecule has 0 aromatic rings.